The molecule has 0 unspecified atom stereocenters. The molecule has 1 N–H and O–H groups in total. The normalized spacial score (nSPS) is 34.0. The van der Waals surface area contributed by atoms with Gasteiger partial charge in [0.15, 0.2) is 10.8 Å². The zero-order valence-corrected chi connectivity index (χ0v) is 16.2. The second-order valence-corrected chi connectivity index (χ2v) is 7.60. The molecule has 1 spiro atoms. The number of nitrogens with zero attached hydrogens (tertiary/aromatic N) is 3. The molecule has 4 aliphatic rings. The molecule has 0 aromatic heterocycles. The Balaban J connectivity index is 2.03. The number of nitrogens with one attached hydrogen (secondary N) is 1. The minimum atomic E-state index is -1.93. The first kappa shape index (κ1) is 19.1. The summed E-state index contributed by atoms with van der Waals surface area (Å²) in [4.78, 5) is 0. The van der Waals surface area contributed by atoms with Gasteiger partial charge in [0.2, 0.25) is 11.7 Å². The molecule has 1 aromatic rings. The largest absolute Gasteiger partial charge is 0.497 e. The van der Waals surface area contributed by atoms with Crippen LogP contribution in [0.3, 0.4) is 0 Å². The maximum absolute atomic E-state index is 10.3. The third kappa shape index (κ3) is 2.11. The van der Waals surface area contributed by atoms with Crippen molar-refractivity contribution in [3.8, 4) is 29.7 Å². The predicted molar refractivity (Wildman–Crippen MR) is 98.6 cm³/mol. The van der Waals surface area contributed by atoms with E-state index in [4.69, 9.17) is 24.4 Å². The number of ether oxygens (including phenoxy) is 4. The fourth-order valence-electron chi connectivity index (χ4n) is 5.16. The molecule has 3 aliphatic heterocycles. The number of nitriles is 3. The number of benzene rings is 1. The summed E-state index contributed by atoms with van der Waals surface area (Å²) in [5, 5.41) is 39.4. The fourth-order valence-corrected chi connectivity index (χ4v) is 5.16. The molecule has 8 heteroatoms. The lowest BCUT2D eigenvalue weighted by Crippen LogP contribution is -2.73. The van der Waals surface area contributed by atoms with Crippen LogP contribution in [0.4, 0.5) is 0 Å². The average Bonchev–Trinajstić information content (AvgIpc) is 2.76. The number of fused-ring (bicyclic) bond motifs is 2. The zero-order valence-electron chi connectivity index (χ0n) is 16.2. The van der Waals surface area contributed by atoms with Crippen LogP contribution in [-0.2, 0) is 9.47 Å². The molecule has 0 amide bonds. The number of methoxy groups -OCH3 is 2. The lowest BCUT2D eigenvalue weighted by molar-refractivity contribution is -0.360. The zero-order chi connectivity index (χ0) is 20.9. The highest BCUT2D eigenvalue weighted by Crippen LogP contribution is 2.69. The molecule has 4 fully saturated rings. The van der Waals surface area contributed by atoms with Crippen LogP contribution in [0.1, 0.15) is 37.4 Å². The van der Waals surface area contributed by atoms with Crippen molar-refractivity contribution < 1.29 is 18.9 Å². The molecule has 5 rings (SSSR count). The van der Waals surface area contributed by atoms with Crippen LogP contribution in [0.2, 0.25) is 0 Å². The van der Waals surface area contributed by atoms with E-state index in [0.717, 1.165) is 12.8 Å². The third-order valence-corrected chi connectivity index (χ3v) is 6.54. The maximum atomic E-state index is 10.3. The van der Waals surface area contributed by atoms with Crippen LogP contribution in [-0.4, -0.2) is 25.9 Å². The van der Waals surface area contributed by atoms with Crippen molar-refractivity contribution in [2.75, 3.05) is 14.2 Å². The van der Waals surface area contributed by atoms with E-state index in [-0.39, 0.29) is 0 Å². The molecule has 1 aromatic carbocycles. The molecule has 0 radical (unpaired) electrons. The smallest absolute Gasteiger partial charge is 0.218 e. The second kappa shape index (κ2) is 6.37. The Morgan fingerprint density at radius 3 is 2.48 bits per heavy atom. The van der Waals surface area contributed by atoms with Gasteiger partial charge in [-0.15, -0.1) is 0 Å². The molecule has 2 bridgehead atoms. The van der Waals surface area contributed by atoms with E-state index in [1.807, 2.05) is 0 Å². The lowest BCUT2D eigenvalue weighted by atomic mass is 9.48. The van der Waals surface area contributed by atoms with Gasteiger partial charge in [-0.2, -0.15) is 15.8 Å². The molecule has 3 heterocycles. The Morgan fingerprint density at radius 2 is 1.86 bits per heavy atom. The highest BCUT2D eigenvalue weighted by molar-refractivity contribution is 5.89. The van der Waals surface area contributed by atoms with E-state index in [2.05, 4.69) is 18.2 Å². The molecule has 148 valence electrons. The van der Waals surface area contributed by atoms with Crippen LogP contribution in [0.5, 0.6) is 11.5 Å². The van der Waals surface area contributed by atoms with Crippen molar-refractivity contribution in [3.63, 3.8) is 0 Å². The van der Waals surface area contributed by atoms with Crippen molar-refractivity contribution in [2.45, 2.75) is 37.6 Å². The van der Waals surface area contributed by atoms with Crippen LogP contribution in [0.25, 0.3) is 0 Å². The highest BCUT2D eigenvalue weighted by Gasteiger charge is 2.80. The molecule has 8 nitrogen and oxygen atoms in total. The Labute approximate surface area is 168 Å². The quantitative estimate of drug-likeness (QED) is 0.835. The van der Waals surface area contributed by atoms with Gasteiger partial charge in [0.1, 0.15) is 17.6 Å². The second-order valence-electron chi connectivity index (χ2n) is 7.60. The predicted octanol–water partition coefficient (Wildman–Crippen LogP) is 3.21. The van der Waals surface area contributed by atoms with E-state index in [1.54, 1.807) is 18.2 Å². The van der Waals surface area contributed by atoms with Crippen molar-refractivity contribution in [1.82, 2.24) is 0 Å². The van der Waals surface area contributed by atoms with Crippen molar-refractivity contribution in [2.24, 2.45) is 16.7 Å². The fraction of sp³-hybridized carbons (Fsp3) is 0.524. The van der Waals surface area contributed by atoms with E-state index in [9.17, 15) is 15.8 Å². The molecular formula is C21H20N4O4. The Hall–Kier alpha value is -3.28. The van der Waals surface area contributed by atoms with Crippen molar-refractivity contribution >= 4 is 5.90 Å². The van der Waals surface area contributed by atoms with Gasteiger partial charge in [0, 0.05) is 12.0 Å². The average molecular weight is 392 g/mol. The Bertz CT molecular complexity index is 989. The van der Waals surface area contributed by atoms with E-state index >= 15 is 0 Å². The Kier molecular flexibility index (Phi) is 4.19. The van der Waals surface area contributed by atoms with Gasteiger partial charge in [-0.1, -0.05) is 6.42 Å². The van der Waals surface area contributed by atoms with Crippen molar-refractivity contribution in [1.29, 1.82) is 21.2 Å². The molecule has 3 saturated heterocycles. The van der Waals surface area contributed by atoms with Crippen LogP contribution in [0, 0.1) is 56.2 Å². The SMILES string of the molecule is COc1ccc(OC)c([C@H]2O[C@]34CCCC[C@@H]3C(C#N)(C#N)[C@@]2(C#N)C(=N)O4)c1. The Morgan fingerprint density at radius 1 is 1.10 bits per heavy atom. The molecule has 1 saturated carbocycles. The van der Waals surface area contributed by atoms with Gasteiger partial charge in [0.25, 0.3) is 0 Å². The summed E-state index contributed by atoms with van der Waals surface area (Å²) in [6.07, 6.45) is 1.44. The van der Waals surface area contributed by atoms with E-state index in [0.29, 0.717) is 29.9 Å². The summed E-state index contributed by atoms with van der Waals surface area (Å²) in [6, 6.07) is 11.4. The summed E-state index contributed by atoms with van der Waals surface area (Å²) >= 11 is 0. The van der Waals surface area contributed by atoms with Gasteiger partial charge in [-0.05, 0) is 31.0 Å². The number of hydrogen-bond acceptors (Lipinski definition) is 8. The first-order chi connectivity index (χ1) is 14.0. The van der Waals surface area contributed by atoms with Crippen LogP contribution in [0.15, 0.2) is 18.2 Å². The summed E-state index contributed by atoms with van der Waals surface area (Å²) in [6.45, 7) is 0. The molecular weight excluding hydrogens is 372 g/mol. The van der Waals surface area contributed by atoms with Gasteiger partial charge < -0.3 is 18.9 Å². The lowest BCUT2D eigenvalue weighted by Gasteiger charge is -2.63. The minimum absolute atomic E-state index is 0.401. The topological polar surface area (TPSA) is 132 Å². The monoisotopic (exact) mass is 392 g/mol. The third-order valence-electron chi connectivity index (χ3n) is 6.54. The summed E-state index contributed by atoms with van der Waals surface area (Å²) in [7, 11) is 2.99. The highest BCUT2D eigenvalue weighted by atomic mass is 16.7. The molecule has 29 heavy (non-hydrogen) atoms. The summed E-state index contributed by atoms with van der Waals surface area (Å²) in [5.74, 6) is -1.40. The van der Waals surface area contributed by atoms with Crippen LogP contribution < -0.4 is 9.47 Å². The first-order valence-corrected chi connectivity index (χ1v) is 9.40. The molecule has 1 aliphatic carbocycles. The van der Waals surface area contributed by atoms with Gasteiger partial charge in [-0.25, -0.2) is 0 Å². The van der Waals surface area contributed by atoms with Crippen LogP contribution >= 0.6 is 0 Å². The maximum Gasteiger partial charge on any atom is 0.218 e. The minimum Gasteiger partial charge on any atom is -0.497 e. The van der Waals surface area contributed by atoms with Crippen molar-refractivity contribution in [3.05, 3.63) is 23.8 Å². The molecule has 4 atom stereocenters. The summed E-state index contributed by atoms with van der Waals surface area (Å²) in [5.41, 5.74) is -3.27. The van der Waals surface area contributed by atoms with Gasteiger partial charge >= 0.3 is 0 Å². The van der Waals surface area contributed by atoms with Gasteiger partial charge in [-0.3, -0.25) is 5.41 Å². The van der Waals surface area contributed by atoms with E-state index in [1.165, 1.54) is 14.2 Å². The number of hydrogen-bond donors (Lipinski definition) is 1. The first-order valence-electron chi connectivity index (χ1n) is 9.40. The number of rotatable bonds is 3. The standard InChI is InChI=1S/C21H20N4O4/c1-26-13-6-7-15(27-2)14(9-13)17-20(12-24)18(25)29-21(28-17)8-4-3-5-16(21)19(20,10-22)11-23/h6-7,9,16-17,25H,3-5,8H2,1-2H3/t16-,17-,20-,21+/m1/s1. The van der Waals surface area contributed by atoms with E-state index < -0.39 is 34.5 Å². The summed E-state index contributed by atoms with van der Waals surface area (Å²) < 4.78 is 23.1. The van der Waals surface area contributed by atoms with Gasteiger partial charge in [0.05, 0.1) is 38.3 Å².